The summed E-state index contributed by atoms with van der Waals surface area (Å²) in [5, 5.41) is 10.6. The van der Waals surface area contributed by atoms with Gasteiger partial charge < -0.3 is 0 Å². The minimum absolute atomic E-state index is 0.141. The van der Waals surface area contributed by atoms with Crippen molar-refractivity contribution in [3.63, 3.8) is 0 Å². The third kappa shape index (κ3) is 2.40. The molecule has 0 saturated heterocycles. The van der Waals surface area contributed by atoms with Gasteiger partial charge in [-0.15, -0.1) is 5.10 Å². The molecule has 0 atom stereocenters. The van der Waals surface area contributed by atoms with Crippen molar-refractivity contribution in [3.05, 3.63) is 45.7 Å². The van der Waals surface area contributed by atoms with Crippen LogP contribution in [0.4, 0.5) is 0 Å². The average Bonchev–Trinajstić information content (AvgIpc) is 2.75. The third-order valence-electron chi connectivity index (χ3n) is 2.07. The number of carbonyl (C=O) groups is 1. The van der Waals surface area contributed by atoms with Gasteiger partial charge in [0.2, 0.25) is 0 Å². The number of rotatable bonds is 3. The Balaban J connectivity index is 2.18. The van der Waals surface area contributed by atoms with Crippen LogP contribution in [0.25, 0.3) is 0 Å². The number of carbonyl (C=O) groups excluding carboxylic acids is 1. The lowest BCUT2D eigenvalue weighted by atomic mass is 10.1. The summed E-state index contributed by atoms with van der Waals surface area (Å²) in [5.41, 5.74) is 1.02. The minimum Gasteiger partial charge on any atom is -0.292 e. The topological polar surface area (TPSA) is 58.6 Å². The highest BCUT2D eigenvalue weighted by Gasteiger charge is 2.12. The fourth-order valence-electron chi connectivity index (χ4n) is 1.27. The number of H-pyrrole nitrogens is 1. The van der Waals surface area contributed by atoms with Gasteiger partial charge in [0.15, 0.2) is 5.78 Å². The van der Waals surface area contributed by atoms with E-state index >= 15 is 0 Å². The molecule has 0 saturated carbocycles. The van der Waals surface area contributed by atoms with E-state index in [2.05, 4.69) is 15.4 Å². The van der Waals surface area contributed by atoms with Crippen LogP contribution < -0.4 is 0 Å². The van der Waals surface area contributed by atoms with Crippen molar-refractivity contribution in [1.29, 1.82) is 0 Å². The maximum atomic E-state index is 11.7. The molecule has 16 heavy (non-hydrogen) atoms. The Morgan fingerprint density at radius 3 is 2.81 bits per heavy atom. The molecule has 1 aromatic carbocycles. The summed E-state index contributed by atoms with van der Waals surface area (Å²) in [6.07, 6.45) is 1.63. The van der Waals surface area contributed by atoms with Crippen molar-refractivity contribution in [2.75, 3.05) is 0 Å². The van der Waals surface area contributed by atoms with E-state index in [1.54, 1.807) is 18.2 Å². The number of aromatic nitrogens is 3. The number of benzene rings is 1. The fourth-order valence-corrected chi connectivity index (χ4v) is 1.74. The molecule has 0 unspecified atom stereocenters. The van der Waals surface area contributed by atoms with E-state index < -0.39 is 0 Å². The Labute approximate surface area is 102 Å². The molecule has 0 radical (unpaired) electrons. The zero-order valence-electron chi connectivity index (χ0n) is 8.08. The van der Waals surface area contributed by atoms with E-state index in [0.29, 0.717) is 15.7 Å². The van der Waals surface area contributed by atoms with Crippen molar-refractivity contribution in [2.45, 2.75) is 6.42 Å². The van der Waals surface area contributed by atoms with E-state index in [0.717, 1.165) is 5.56 Å². The first-order valence-electron chi connectivity index (χ1n) is 4.50. The molecule has 0 spiro atoms. The average molecular weight is 256 g/mol. The van der Waals surface area contributed by atoms with Crippen molar-refractivity contribution in [2.24, 2.45) is 0 Å². The molecule has 2 rings (SSSR count). The summed E-state index contributed by atoms with van der Waals surface area (Å²) < 4.78 is 0. The fraction of sp³-hybridized carbons (Fsp3) is 0.100. The normalized spacial score (nSPS) is 10.4. The summed E-state index contributed by atoms with van der Waals surface area (Å²) in [6, 6.07) is 5.02. The van der Waals surface area contributed by atoms with Crippen molar-refractivity contribution < 1.29 is 4.79 Å². The lowest BCUT2D eigenvalue weighted by Crippen LogP contribution is -2.04. The summed E-state index contributed by atoms with van der Waals surface area (Å²) >= 11 is 11.7. The van der Waals surface area contributed by atoms with Gasteiger partial charge >= 0.3 is 0 Å². The van der Waals surface area contributed by atoms with Crippen LogP contribution in [0.2, 0.25) is 10.0 Å². The van der Waals surface area contributed by atoms with Gasteiger partial charge in [0, 0.05) is 16.5 Å². The number of hydrogen-bond acceptors (Lipinski definition) is 3. The Bertz CT molecular complexity index is 511. The minimum atomic E-state index is -0.141. The van der Waals surface area contributed by atoms with Gasteiger partial charge in [0.1, 0.15) is 5.69 Å². The van der Waals surface area contributed by atoms with Gasteiger partial charge in [-0.05, 0) is 17.7 Å². The molecular weight excluding hydrogens is 249 g/mol. The van der Waals surface area contributed by atoms with Crippen molar-refractivity contribution in [3.8, 4) is 0 Å². The number of halogens is 2. The van der Waals surface area contributed by atoms with Crippen molar-refractivity contribution >= 4 is 29.0 Å². The molecule has 0 aliphatic heterocycles. The van der Waals surface area contributed by atoms with Crippen LogP contribution in [0.15, 0.2) is 24.4 Å². The number of nitrogens with one attached hydrogen (secondary N) is 1. The van der Waals surface area contributed by atoms with Crippen LogP contribution in [0.1, 0.15) is 16.1 Å². The van der Waals surface area contributed by atoms with Crippen molar-refractivity contribution in [1.82, 2.24) is 15.4 Å². The van der Waals surface area contributed by atoms with Crippen LogP contribution in [-0.2, 0) is 6.42 Å². The van der Waals surface area contributed by atoms with Gasteiger partial charge in [-0.2, -0.15) is 0 Å². The predicted octanol–water partition coefficient (Wildman–Crippen LogP) is 2.54. The first kappa shape index (κ1) is 11.1. The monoisotopic (exact) mass is 255 g/mol. The molecule has 0 aliphatic carbocycles. The molecule has 2 aromatic rings. The van der Waals surface area contributed by atoms with Gasteiger partial charge in [-0.25, -0.2) is 0 Å². The molecule has 1 N–H and O–H groups in total. The standard InChI is InChI=1S/C10H7Cl2N3O/c11-7-2-1-6(8(12)4-7)3-10(16)9-5-13-15-14-9/h1-2,4-5H,3H2,(H,13,14,15). The van der Waals surface area contributed by atoms with E-state index in [9.17, 15) is 4.79 Å². The zero-order valence-corrected chi connectivity index (χ0v) is 9.59. The molecule has 1 heterocycles. The maximum Gasteiger partial charge on any atom is 0.189 e. The highest BCUT2D eigenvalue weighted by molar-refractivity contribution is 6.35. The van der Waals surface area contributed by atoms with E-state index in [-0.39, 0.29) is 12.2 Å². The first-order valence-corrected chi connectivity index (χ1v) is 5.26. The Hall–Kier alpha value is -1.39. The van der Waals surface area contributed by atoms with Gasteiger partial charge in [-0.3, -0.25) is 9.89 Å². The zero-order chi connectivity index (χ0) is 11.5. The van der Waals surface area contributed by atoms with Crippen LogP contribution in [-0.4, -0.2) is 21.2 Å². The summed E-state index contributed by atoms with van der Waals surface area (Å²) in [4.78, 5) is 11.7. The number of nitrogens with zero attached hydrogens (tertiary/aromatic N) is 2. The molecule has 1 aromatic heterocycles. The van der Waals surface area contributed by atoms with Crippen LogP contribution in [0, 0.1) is 0 Å². The second-order valence-electron chi connectivity index (χ2n) is 3.19. The number of hydrogen-bond donors (Lipinski definition) is 1. The number of Topliss-reactive ketones (excluding diaryl/α,β-unsaturated/α-hetero) is 1. The molecule has 0 aliphatic rings. The summed E-state index contributed by atoms with van der Waals surface area (Å²) in [7, 11) is 0. The molecule has 4 nitrogen and oxygen atoms in total. The van der Waals surface area contributed by atoms with E-state index in [1.165, 1.54) is 6.20 Å². The quantitative estimate of drug-likeness (QED) is 0.858. The highest BCUT2D eigenvalue weighted by atomic mass is 35.5. The lowest BCUT2D eigenvalue weighted by molar-refractivity contribution is 0.0988. The van der Waals surface area contributed by atoms with Gasteiger partial charge in [-0.1, -0.05) is 34.5 Å². The van der Waals surface area contributed by atoms with Crippen LogP contribution in [0.5, 0.6) is 0 Å². The third-order valence-corrected chi connectivity index (χ3v) is 2.66. The second-order valence-corrected chi connectivity index (χ2v) is 4.04. The second kappa shape index (κ2) is 4.63. The Kier molecular flexibility index (Phi) is 3.22. The molecule has 0 fully saturated rings. The van der Waals surface area contributed by atoms with Crippen LogP contribution >= 0.6 is 23.2 Å². The molecule has 0 amide bonds. The maximum absolute atomic E-state index is 11.7. The number of aromatic amines is 1. The largest absolute Gasteiger partial charge is 0.292 e. The molecule has 0 bridgehead atoms. The van der Waals surface area contributed by atoms with Crippen LogP contribution in [0.3, 0.4) is 0 Å². The Morgan fingerprint density at radius 2 is 2.19 bits per heavy atom. The number of ketones is 1. The summed E-state index contributed by atoms with van der Waals surface area (Å²) in [5.74, 6) is -0.141. The predicted molar refractivity (Wildman–Crippen MR) is 60.9 cm³/mol. The Morgan fingerprint density at radius 1 is 1.38 bits per heavy atom. The lowest BCUT2D eigenvalue weighted by Gasteiger charge is -2.02. The highest BCUT2D eigenvalue weighted by Crippen LogP contribution is 2.22. The summed E-state index contributed by atoms with van der Waals surface area (Å²) in [6.45, 7) is 0. The van der Waals surface area contributed by atoms with E-state index in [4.69, 9.17) is 23.2 Å². The van der Waals surface area contributed by atoms with Gasteiger partial charge in [0.25, 0.3) is 0 Å². The van der Waals surface area contributed by atoms with Gasteiger partial charge in [0.05, 0.1) is 6.20 Å². The molecular formula is C10H7Cl2N3O. The smallest absolute Gasteiger partial charge is 0.189 e. The molecule has 6 heteroatoms. The first-order chi connectivity index (χ1) is 7.66. The molecule has 82 valence electrons. The van der Waals surface area contributed by atoms with E-state index in [1.807, 2.05) is 0 Å². The SMILES string of the molecule is O=C(Cc1ccc(Cl)cc1Cl)c1c[nH]nn1.